The van der Waals surface area contributed by atoms with Crippen molar-refractivity contribution in [1.82, 2.24) is 15.5 Å². The molecule has 20 heavy (non-hydrogen) atoms. The molecule has 114 valence electrons. The number of primary amides is 1. The van der Waals surface area contributed by atoms with Crippen LogP contribution in [0.3, 0.4) is 0 Å². The average molecular weight is 286 g/mol. The normalized spacial score (nSPS) is 20.9. The molecule has 1 aliphatic heterocycles. The molecule has 0 aliphatic carbocycles. The fourth-order valence-electron chi connectivity index (χ4n) is 2.25. The lowest BCUT2D eigenvalue weighted by atomic mass is 10.1. The van der Waals surface area contributed by atoms with Crippen molar-refractivity contribution < 1.29 is 19.5 Å². The van der Waals surface area contributed by atoms with Crippen LogP contribution in [-0.4, -0.2) is 59.6 Å². The number of aliphatic carboxylic acids is 1. The van der Waals surface area contributed by atoms with E-state index in [2.05, 4.69) is 22.5 Å². The minimum absolute atomic E-state index is 0.00766. The molecular weight excluding hydrogens is 264 g/mol. The first-order valence-electron chi connectivity index (χ1n) is 6.72. The van der Waals surface area contributed by atoms with Gasteiger partial charge < -0.3 is 26.4 Å². The Morgan fingerprint density at radius 1 is 1.45 bits per heavy atom. The minimum atomic E-state index is -1.29. The van der Waals surface area contributed by atoms with E-state index >= 15 is 0 Å². The van der Waals surface area contributed by atoms with Gasteiger partial charge >= 0.3 is 12.0 Å². The summed E-state index contributed by atoms with van der Waals surface area (Å²) in [5.41, 5.74) is 4.95. The number of carboxylic acid groups (broad SMARTS) is 1. The molecule has 0 aromatic heterocycles. The van der Waals surface area contributed by atoms with Gasteiger partial charge in [-0.15, -0.1) is 0 Å². The molecule has 0 aromatic rings. The summed E-state index contributed by atoms with van der Waals surface area (Å²) < 4.78 is 0. The van der Waals surface area contributed by atoms with Gasteiger partial charge in [-0.25, -0.2) is 9.59 Å². The third-order valence-electron chi connectivity index (χ3n) is 3.30. The number of carbonyl (C=O) groups is 3. The summed E-state index contributed by atoms with van der Waals surface area (Å²) in [7, 11) is 0. The van der Waals surface area contributed by atoms with E-state index in [0.29, 0.717) is 0 Å². The van der Waals surface area contributed by atoms with Crippen molar-refractivity contribution in [3.8, 4) is 0 Å². The molecule has 0 bridgehead atoms. The molecule has 0 spiro atoms. The average Bonchev–Trinajstić information content (AvgIpc) is 2.37. The second kappa shape index (κ2) is 7.68. The topological polar surface area (TPSA) is 125 Å². The number of likely N-dealkylation sites (N-methyl/N-ethyl adjacent to an activating group) is 1. The van der Waals surface area contributed by atoms with E-state index in [1.807, 2.05) is 0 Å². The molecule has 3 amide bonds. The quantitative estimate of drug-likeness (QED) is 0.503. The largest absolute Gasteiger partial charge is 0.480 e. The monoisotopic (exact) mass is 286 g/mol. The van der Waals surface area contributed by atoms with Crippen molar-refractivity contribution in [3.05, 3.63) is 0 Å². The van der Waals surface area contributed by atoms with Crippen molar-refractivity contribution >= 4 is 17.9 Å². The number of hydrogen-bond donors (Lipinski definition) is 4. The van der Waals surface area contributed by atoms with Gasteiger partial charge in [-0.1, -0.05) is 6.92 Å². The molecule has 5 N–H and O–H groups in total. The van der Waals surface area contributed by atoms with Crippen LogP contribution in [0.25, 0.3) is 0 Å². The maximum absolute atomic E-state index is 11.7. The van der Waals surface area contributed by atoms with E-state index in [-0.39, 0.29) is 6.04 Å². The van der Waals surface area contributed by atoms with Crippen molar-refractivity contribution in [1.29, 1.82) is 0 Å². The van der Waals surface area contributed by atoms with Crippen LogP contribution in [0, 0.1) is 0 Å². The van der Waals surface area contributed by atoms with Crippen LogP contribution in [-0.2, 0) is 9.59 Å². The van der Waals surface area contributed by atoms with E-state index in [4.69, 9.17) is 10.8 Å². The number of amides is 3. The Bertz CT molecular complexity index is 374. The summed E-state index contributed by atoms with van der Waals surface area (Å²) in [6.45, 7) is 4.72. The first-order chi connectivity index (χ1) is 9.42. The number of urea groups is 1. The number of piperidine rings is 1. The van der Waals surface area contributed by atoms with E-state index in [9.17, 15) is 14.4 Å². The first-order valence-corrected chi connectivity index (χ1v) is 6.72. The second-order valence-electron chi connectivity index (χ2n) is 4.91. The summed E-state index contributed by atoms with van der Waals surface area (Å²) in [6, 6.07) is -1.88. The zero-order chi connectivity index (χ0) is 15.1. The van der Waals surface area contributed by atoms with Gasteiger partial charge in [-0.2, -0.15) is 0 Å². The Balaban J connectivity index is 2.44. The van der Waals surface area contributed by atoms with Gasteiger partial charge in [0.25, 0.3) is 0 Å². The zero-order valence-electron chi connectivity index (χ0n) is 11.6. The lowest BCUT2D eigenvalue weighted by molar-refractivity contribution is -0.140. The Labute approximate surface area is 117 Å². The number of nitrogens with zero attached hydrogens (tertiary/aromatic N) is 1. The van der Waals surface area contributed by atoms with Gasteiger partial charge in [0.15, 0.2) is 0 Å². The molecule has 0 radical (unpaired) electrons. The van der Waals surface area contributed by atoms with Gasteiger partial charge in [0.1, 0.15) is 6.04 Å². The number of carboxylic acids is 1. The maximum atomic E-state index is 11.7. The minimum Gasteiger partial charge on any atom is -0.480 e. The van der Waals surface area contributed by atoms with Crippen molar-refractivity contribution in [3.63, 3.8) is 0 Å². The highest BCUT2D eigenvalue weighted by Crippen LogP contribution is 2.09. The number of nitrogens with two attached hydrogens (primary N) is 1. The third kappa shape index (κ3) is 5.43. The standard InChI is InChI=1S/C12H22N4O4/c1-2-16-5-3-4-8(7-16)14-12(20)15-9(11(18)19)6-10(13)17/h8-9H,2-7H2,1H3,(H2,13,17)(H,18,19)(H2,14,15,20)/t8?,9-/m1/s1. The SMILES string of the molecule is CCN1CCCC(NC(=O)N[C@H](CC(N)=O)C(=O)O)C1. The summed E-state index contributed by atoms with van der Waals surface area (Å²) in [5.74, 6) is -2.05. The van der Waals surface area contributed by atoms with Crippen LogP contribution in [0.2, 0.25) is 0 Å². The Kier molecular flexibility index (Phi) is 6.23. The first kappa shape index (κ1) is 16.2. The van der Waals surface area contributed by atoms with Crippen LogP contribution in [0.4, 0.5) is 4.79 Å². The predicted octanol–water partition coefficient (Wildman–Crippen LogP) is -0.901. The number of nitrogens with one attached hydrogen (secondary N) is 2. The molecule has 0 aromatic carbocycles. The number of hydrogen-bond acceptors (Lipinski definition) is 4. The number of rotatable bonds is 6. The Morgan fingerprint density at radius 2 is 2.15 bits per heavy atom. The molecule has 1 fully saturated rings. The molecule has 0 saturated carbocycles. The molecule has 1 saturated heterocycles. The van der Waals surface area contributed by atoms with E-state index in [1.54, 1.807) is 0 Å². The Morgan fingerprint density at radius 3 is 2.70 bits per heavy atom. The summed E-state index contributed by atoms with van der Waals surface area (Å²) >= 11 is 0. The summed E-state index contributed by atoms with van der Waals surface area (Å²) in [6.07, 6.45) is 1.43. The lowest BCUT2D eigenvalue weighted by Crippen LogP contribution is -2.54. The number of likely N-dealkylation sites (tertiary alicyclic amines) is 1. The zero-order valence-corrected chi connectivity index (χ0v) is 11.6. The fraction of sp³-hybridized carbons (Fsp3) is 0.750. The van der Waals surface area contributed by atoms with E-state index in [1.165, 1.54) is 0 Å². The van der Waals surface area contributed by atoms with Crippen molar-refractivity contribution in [2.24, 2.45) is 5.73 Å². The summed E-state index contributed by atoms with van der Waals surface area (Å²) in [4.78, 5) is 35.6. The predicted molar refractivity (Wildman–Crippen MR) is 72.0 cm³/mol. The molecule has 1 heterocycles. The number of carbonyl (C=O) groups excluding carboxylic acids is 2. The molecule has 8 heteroatoms. The highest BCUT2D eigenvalue weighted by molar-refractivity contribution is 5.87. The molecule has 1 rings (SSSR count). The van der Waals surface area contributed by atoms with Crippen LogP contribution in [0.5, 0.6) is 0 Å². The van der Waals surface area contributed by atoms with Crippen LogP contribution < -0.4 is 16.4 Å². The highest BCUT2D eigenvalue weighted by Gasteiger charge is 2.25. The fourth-order valence-corrected chi connectivity index (χ4v) is 2.25. The summed E-state index contributed by atoms with van der Waals surface area (Å²) in [5, 5.41) is 13.9. The maximum Gasteiger partial charge on any atom is 0.326 e. The van der Waals surface area contributed by atoms with Gasteiger partial charge in [0, 0.05) is 12.6 Å². The molecule has 1 unspecified atom stereocenters. The van der Waals surface area contributed by atoms with Gasteiger partial charge in [-0.3, -0.25) is 4.79 Å². The van der Waals surface area contributed by atoms with Crippen LogP contribution in [0.15, 0.2) is 0 Å². The second-order valence-corrected chi connectivity index (χ2v) is 4.91. The van der Waals surface area contributed by atoms with Crippen molar-refractivity contribution in [2.75, 3.05) is 19.6 Å². The molecule has 8 nitrogen and oxygen atoms in total. The Hall–Kier alpha value is -1.83. The third-order valence-corrected chi connectivity index (χ3v) is 3.30. The van der Waals surface area contributed by atoms with Gasteiger partial charge in [0.05, 0.1) is 6.42 Å². The van der Waals surface area contributed by atoms with Crippen molar-refractivity contribution in [2.45, 2.75) is 38.3 Å². The smallest absolute Gasteiger partial charge is 0.326 e. The van der Waals surface area contributed by atoms with E-state index < -0.39 is 30.4 Å². The van der Waals surface area contributed by atoms with Gasteiger partial charge in [-0.05, 0) is 25.9 Å². The molecule has 2 atom stereocenters. The van der Waals surface area contributed by atoms with E-state index in [0.717, 1.165) is 32.5 Å². The highest BCUT2D eigenvalue weighted by atomic mass is 16.4. The van der Waals surface area contributed by atoms with Crippen LogP contribution >= 0.6 is 0 Å². The molecular formula is C12H22N4O4. The van der Waals surface area contributed by atoms with Crippen LogP contribution in [0.1, 0.15) is 26.2 Å². The van der Waals surface area contributed by atoms with Gasteiger partial charge in [0.2, 0.25) is 5.91 Å². The molecule has 1 aliphatic rings. The lowest BCUT2D eigenvalue weighted by Gasteiger charge is -2.32.